The van der Waals surface area contributed by atoms with Crippen molar-refractivity contribution in [1.29, 1.82) is 0 Å². The van der Waals surface area contributed by atoms with Crippen LogP contribution in [0.25, 0.3) is 17.1 Å². The number of hydrogen-bond donors (Lipinski definition) is 2. The molecule has 5 aromatic rings. The molecule has 2 aromatic heterocycles. The topological polar surface area (TPSA) is 108 Å². The molecule has 10 nitrogen and oxygen atoms in total. The standard InChI is InChI=1S/C23H20N8O2S/c1-32-20-10-6-5-9-19(20)21-25-27-23(34)31(21)24-15-16-11-13-18(14-12-16)33-22-26-28-29-30(22)17-7-3-2-4-8-17/h2-14,24H,15H2,1H3,(H,27,34). The highest BCUT2D eigenvalue weighted by atomic mass is 32.1. The van der Waals surface area contributed by atoms with E-state index in [1.165, 1.54) is 4.68 Å². The summed E-state index contributed by atoms with van der Waals surface area (Å²) in [5, 5.41) is 18.9. The van der Waals surface area contributed by atoms with Crippen molar-refractivity contribution in [2.24, 2.45) is 0 Å². The van der Waals surface area contributed by atoms with Crippen LogP contribution in [-0.4, -0.2) is 42.2 Å². The van der Waals surface area contributed by atoms with E-state index in [4.69, 9.17) is 21.7 Å². The van der Waals surface area contributed by atoms with E-state index in [0.717, 1.165) is 16.8 Å². The third-order valence-corrected chi connectivity index (χ3v) is 5.31. The van der Waals surface area contributed by atoms with Gasteiger partial charge in [0.25, 0.3) is 0 Å². The van der Waals surface area contributed by atoms with E-state index >= 15 is 0 Å². The van der Waals surface area contributed by atoms with Crippen LogP contribution >= 0.6 is 12.2 Å². The molecule has 0 spiro atoms. The van der Waals surface area contributed by atoms with Crippen molar-refractivity contribution in [2.45, 2.75) is 6.54 Å². The average Bonchev–Trinajstić information content (AvgIpc) is 3.50. The van der Waals surface area contributed by atoms with Gasteiger partial charge in [-0.2, -0.15) is 9.78 Å². The van der Waals surface area contributed by atoms with Crippen LogP contribution in [0.3, 0.4) is 0 Å². The number of H-pyrrole nitrogens is 1. The van der Waals surface area contributed by atoms with Crippen molar-refractivity contribution in [3.63, 3.8) is 0 Å². The molecule has 0 atom stereocenters. The number of aromatic amines is 1. The highest BCUT2D eigenvalue weighted by molar-refractivity contribution is 7.71. The van der Waals surface area contributed by atoms with Crippen molar-refractivity contribution < 1.29 is 9.47 Å². The number of hydrogen-bond acceptors (Lipinski definition) is 8. The van der Waals surface area contributed by atoms with Gasteiger partial charge in [0, 0.05) is 0 Å². The molecule has 0 radical (unpaired) electrons. The van der Waals surface area contributed by atoms with E-state index in [1.54, 1.807) is 11.8 Å². The molecule has 0 aliphatic carbocycles. The van der Waals surface area contributed by atoms with Gasteiger partial charge in [0.15, 0.2) is 5.82 Å². The molecule has 0 aliphatic heterocycles. The summed E-state index contributed by atoms with van der Waals surface area (Å²) in [6, 6.07) is 25.1. The van der Waals surface area contributed by atoms with Gasteiger partial charge in [0.1, 0.15) is 11.5 Å². The third-order valence-electron chi connectivity index (χ3n) is 5.04. The quantitative estimate of drug-likeness (QED) is 0.325. The highest BCUT2D eigenvalue weighted by Crippen LogP contribution is 2.28. The molecule has 0 unspecified atom stereocenters. The van der Waals surface area contributed by atoms with E-state index in [0.29, 0.717) is 28.6 Å². The monoisotopic (exact) mass is 472 g/mol. The lowest BCUT2D eigenvalue weighted by atomic mass is 10.2. The van der Waals surface area contributed by atoms with Crippen molar-refractivity contribution in [2.75, 3.05) is 12.5 Å². The average molecular weight is 473 g/mol. The first kappa shape index (κ1) is 21.3. The molecule has 34 heavy (non-hydrogen) atoms. The van der Waals surface area contributed by atoms with E-state index in [-0.39, 0.29) is 6.01 Å². The molecule has 0 saturated heterocycles. The molecular weight excluding hydrogens is 452 g/mol. The Bertz CT molecular complexity index is 1440. The maximum absolute atomic E-state index is 5.89. The second-order valence-electron chi connectivity index (χ2n) is 7.18. The summed E-state index contributed by atoms with van der Waals surface area (Å²) < 4.78 is 15.1. The number of methoxy groups -OCH3 is 1. The molecule has 0 aliphatic rings. The fourth-order valence-electron chi connectivity index (χ4n) is 3.38. The Morgan fingerprint density at radius 1 is 0.971 bits per heavy atom. The molecule has 0 amide bonds. The van der Waals surface area contributed by atoms with Crippen LogP contribution in [0.15, 0.2) is 78.9 Å². The highest BCUT2D eigenvalue weighted by Gasteiger charge is 2.14. The van der Waals surface area contributed by atoms with Crippen LogP contribution in [0.5, 0.6) is 17.5 Å². The van der Waals surface area contributed by atoms with Crippen molar-refractivity contribution in [1.82, 2.24) is 35.1 Å². The number of tetrazole rings is 1. The molecule has 2 N–H and O–H groups in total. The maximum Gasteiger partial charge on any atom is 0.345 e. The number of ether oxygens (including phenoxy) is 2. The zero-order valence-electron chi connectivity index (χ0n) is 18.1. The van der Waals surface area contributed by atoms with Gasteiger partial charge in [0.2, 0.25) is 4.77 Å². The summed E-state index contributed by atoms with van der Waals surface area (Å²) in [6.07, 6.45) is 0. The van der Waals surface area contributed by atoms with E-state index in [9.17, 15) is 0 Å². The van der Waals surface area contributed by atoms with Gasteiger partial charge in [-0.05, 0) is 64.6 Å². The zero-order chi connectivity index (χ0) is 23.3. The fraction of sp³-hybridized carbons (Fsp3) is 0.0870. The van der Waals surface area contributed by atoms with E-state index < -0.39 is 0 Å². The minimum Gasteiger partial charge on any atom is -0.496 e. The Kier molecular flexibility index (Phi) is 5.99. The fourth-order valence-corrected chi connectivity index (χ4v) is 3.58. The van der Waals surface area contributed by atoms with Crippen LogP contribution in [0.1, 0.15) is 5.56 Å². The number of nitrogens with one attached hydrogen (secondary N) is 2. The molecule has 0 saturated carbocycles. The van der Waals surface area contributed by atoms with Gasteiger partial charge >= 0.3 is 6.01 Å². The first-order chi connectivity index (χ1) is 16.7. The number of aromatic nitrogens is 7. The number of nitrogens with zero attached hydrogens (tertiary/aromatic N) is 6. The summed E-state index contributed by atoms with van der Waals surface area (Å²) in [5.74, 6) is 1.96. The zero-order valence-corrected chi connectivity index (χ0v) is 18.9. The SMILES string of the molecule is COc1ccccc1-c1n[nH]c(=S)n1NCc1ccc(Oc2nnnn2-c2ccccc2)cc1. The van der Waals surface area contributed by atoms with Gasteiger partial charge in [-0.1, -0.05) is 47.6 Å². The van der Waals surface area contributed by atoms with Crippen LogP contribution in [0, 0.1) is 4.77 Å². The number of para-hydroxylation sites is 2. The second kappa shape index (κ2) is 9.55. The number of benzene rings is 3. The molecular formula is C23H20N8O2S. The van der Waals surface area contributed by atoms with Gasteiger partial charge < -0.3 is 14.9 Å². The third kappa shape index (κ3) is 4.36. The van der Waals surface area contributed by atoms with Gasteiger partial charge in [-0.15, -0.1) is 0 Å². The predicted octanol–water partition coefficient (Wildman–Crippen LogP) is 4.13. The lowest BCUT2D eigenvalue weighted by molar-refractivity contribution is 0.416. The summed E-state index contributed by atoms with van der Waals surface area (Å²) in [6.45, 7) is 0.512. The van der Waals surface area contributed by atoms with Gasteiger partial charge in [-0.25, -0.2) is 9.77 Å². The summed E-state index contributed by atoms with van der Waals surface area (Å²) in [7, 11) is 1.62. The van der Waals surface area contributed by atoms with E-state index in [1.807, 2.05) is 78.9 Å². The summed E-state index contributed by atoms with van der Waals surface area (Å²) in [4.78, 5) is 0. The molecule has 5 rings (SSSR count). The lowest BCUT2D eigenvalue weighted by Gasteiger charge is -2.12. The van der Waals surface area contributed by atoms with Crippen molar-refractivity contribution in [3.8, 4) is 34.6 Å². The van der Waals surface area contributed by atoms with Crippen LogP contribution in [0.2, 0.25) is 0 Å². The van der Waals surface area contributed by atoms with E-state index in [2.05, 4.69) is 31.1 Å². The molecule has 11 heteroatoms. The van der Waals surface area contributed by atoms with Gasteiger partial charge in [0.05, 0.1) is 24.9 Å². The minimum atomic E-state index is 0.281. The molecule has 3 aromatic carbocycles. The van der Waals surface area contributed by atoms with Crippen LogP contribution < -0.4 is 14.9 Å². The van der Waals surface area contributed by atoms with Crippen LogP contribution in [0.4, 0.5) is 0 Å². The predicted molar refractivity (Wildman–Crippen MR) is 128 cm³/mol. The Morgan fingerprint density at radius 3 is 2.53 bits per heavy atom. The normalized spacial score (nSPS) is 10.7. The van der Waals surface area contributed by atoms with Crippen molar-refractivity contribution >= 4 is 12.2 Å². The Labute approximate surface area is 199 Å². The molecule has 170 valence electrons. The van der Waals surface area contributed by atoms with Gasteiger partial charge in [-0.3, -0.25) is 0 Å². The first-order valence-electron chi connectivity index (χ1n) is 10.4. The van der Waals surface area contributed by atoms with Crippen molar-refractivity contribution in [3.05, 3.63) is 89.2 Å². The smallest absolute Gasteiger partial charge is 0.345 e. The number of rotatable bonds is 8. The maximum atomic E-state index is 5.89. The minimum absolute atomic E-state index is 0.281. The molecule has 0 fully saturated rings. The Balaban J connectivity index is 1.29. The Hall–Kier alpha value is -4.51. The lowest BCUT2D eigenvalue weighted by Crippen LogP contribution is -2.16. The summed E-state index contributed by atoms with van der Waals surface area (Å²) >= 11 is 5.41. The first-order valence-corrected chi connectivity index (χ1v) is 10.8. The second-order valence-corrected chi connectivity index (χ2v) is 7.56. The largest absolute Gasteiger partial charge is 0.496 e. The van der Waals surface area contributed by atoms with Crippen LogP contribution in [-0.2, 0) is 6.54 Å². The molecule has 0 bridgehead atoms. The Morgan fingerprint density at radius 2 is 1.74 bits per heavy atom. The molecule has 2 heterocycles. The summed E-state index contributed by atoms with van der Waals surface area (Å²) in [5.41, 5.74) is 5.96.